The first-order valence-electron chi connectivity index (χ1n) is 6.52. The van der Waals surface area contributed by atoms with Gasteiger partial charge in [-0.05, 0) is 36.5 Å². The number of quaternary nitrogens is 1. The topological polar surface area (TPSA) is 4.44 Å². The van der Waals surface area contributed by atoms with Gasteiger partial charge in [0, 0.05) is 6.42 Å². The van der Waals surface area contributed by atoms with E-state index >= 15 is 0 Å². The molecule has 1 nitrogen and oxygen atoms in total. The van der Waals surface area contributed by atoms with E-state index < -0.39 is 0 Å². The minimum Gasteiger partial charge on any atom is -1.00 e. The SMILES string of the molecule is C1=C(c2ccccc2)CC[NH+](C2CCC2)C1.[Cl-]. The largest absolute Gasteiger partial charge is 1.00 e. The van der Waals surface area contributed by atoms with Crippen molar-refractivity contribution < 1.29 is 17.3 Å². The van der Waals surface area contributed by atoms with Gasteiger partial charge in [-0.3, -0.25) is 0 Å². The smallest absolute Gasteiger partial charge is 0.0966 e. The molecule has 2 aliphatic rings. The van der Waals surface area contributed by atoms with Gasteiger partial charge in [-0.2, -0.15) is 0 Å². The molecule has 1 saturated carbocycles. The van der Waals surface area contributed by atoms with Gasteiger partial charge in [0.25, 0.3) is 0 Å². The second kappa shape index (κ2) is 5.70. The van der Waals surface area contributed by atoms with E-state index in [1.807, 2.05) is 4.90 Å². The van der Waals surface area contributed by atoms with Crippen LogP contribution in [0.2, 0.25) is 0 Å². The van der Waals surface area contributed by atoms with Crippen molar-refractivity contribution in [3.8, 4) is 0 Å². The highest BCUT2D eigenvalue weighted by atomic mass is 35.5. The number of hydrogen-bond acceptors (Lipinski definition) is 0. The van der Waals surface area contributed by atoms with Crippen LogP contribution in [0.3, 0.4) is 0 Å². The summed E-state index contributed by atoms with van der Waals surface area (Å²) in [5.74, 6) is 0. The fourth-order valence-electron chi connectivity index (χ4n) is 2.86. The molecule has 1 fully saturated rings. The summed E-state index contributed by atoms with van der Waals surface area (Å²) in [5, 5.41) is 0. The third-order valence-corrected chi connectivity index (χ3v) is 4.15. The molecule has 0 saturated heterocycles. The molecular weight excluding hydrogens is 230 g/mol. The maximum Gasteiger partial charge on any atom is 0.0966 e. The summed E-state index contributed by atoms with van der Waals surface area (Å²) in [6, 6.07) is 11.8. The van der Waals surface area contributed by atoms with E-state index in [1.165, 1.54) is 44.3 Å². The van der Waals surface area contributed by atoms with Gasteiger partial charge in [0.2, 0.25) is 0 Å². The summed E-state index contributed by atoms with van der Waals surface area (Å²) < 4.78 is 0. The average molecular weight is 250 g/mol. The monoisotopic (exact) mass is 249 g/mol. The van der Waals surface area contributed by atoms with Gasteiger partial charge >= 0.3 is 0 Å². The number of halogens is 1. The second-order valence-electron chi connectivity index (χ2n) is 5.09. The normalized spacial score (nSPS) is 24.5. The lowest BCUT2D eigenvalue weighted by molar-refractivity contribution is -0.926. The van der Waals surface area contributed by atoms with E-state index in [2.05, 4.69) is 36.4 Å². The van der Waals surface area contributed by atoms with Crippen LogP contribution in [0.4, 0.5) is 0 Å². The number of hydrogen-bond donors (Lipinski definition) is 1. The Labute approximate surface area is 110 Å². The van der Waals surface area contributed by atoms with Crippen LogP contribution in [-0.4, -0.2) is 19.1 Å². The molecule has 1 aliphatic carbocycles. The van der Waals surface area contributed by atoms with Crippen molar-refractivity contribution in [1.29, 1.82) is 0 Å². The van der Waals surface area contributed by atoms with Gasteiger partial charge < -0.3 is 17.3 Å². The zero-order valence-corrected chi connectivity index (χ0v) is 10.9. The summed E-state index contributed by atoms with van der Waals surface area (Å²) >= 11 is 0. The Morgan fingerprint density at radius 3 is 2.35 bits per heavy atom. The summed E-state index contributed by atoms with van der Waals surface area (Å²) in [4.78, 5) is 1.82. The highest BCUT2D eigenvalue weighted by Crippen LogP contribution is 2.20. The number of nitrogens with one attached hydrogen (secondary N) is 1. The van der Waals surface area contributed by atoms with Crippen LogP contribution in [0.1, 0.15) is 31.2 Å². The highest BCUT2D eigenvalue weighted by Gasteiger charge is 2.29. The third kappa shape index (κ3) is 2.72. The molecular formula is C15H20ClN. The lowest BCUT2D eigenvalue weighted by Gasteiger charge is -2.36. The Morgan fingerprint density at radius 1 is 1.06 bits per heavy atom. The molecule has 2 heteroatoms. The van der Waals surface area contributed by atoms with Crippen LogP contribution in [0.5, 0.6) is 0 Å². The summed E-state index contributed by atoms with van der Waals surface area (Å²) in [6.45, 7) is 2.58. The Kier molecular flexibility index (Phi) is 4.25. The standard InChI is InChI=1S/C15H19N.ClH/c1-2-5-13(6-3-1)14-9-11-16(12-10-14)15-7-4-8-15;/h1-3,5-6,9,15H,4,7-8,10-12H2;1H. The number of benzene rings is 1. The Balaban J connectivity index is 0.00000108. The van der Waals surface area contributed by atoms with Crippen molar-refractivity contribution in [3.63, 3.8) is 0 Å². The molecule has 0 spiro atoms. The summed E-state index contributed by atoms with van der Waals surface area (Å²) in [5.41, 5.74) is 2.99. The quantitative estimate of drug-likeness (QED) is 0.680. The zero-order valence-electron chi connectivity index (χ0n) is 10.2. The molecule has 1 N–H and O–H groups in total. The van der Waals surface area contributed by atoms with E-state index in [-0.39, 0.29) is 12.4 Å². The van der Waals surface area contributed by atoms with Gasteiger partial charge in [0.15, 0.2) is 0 Å². The third-order valence-electron chi connectivity index (χ3n) is 4.15. The van der Waals surface area contributed by atoms with Crippen molar-refractivity contribution >= 4 is 5.57 Å². The molecule has 1 aliphatic heterocycles. The number of rotatable bonds is 2. The Morgan fingerprint density at radius 2 is 1.82 bits per heavy atom. The van der Waals surface area contributed by atoms with Crippen molar-refractivity contribution in [1.82, 2.24) is 0 Å². The molecule has 1 heterocycles. The lowest BCUT2D eigenvalue weighted by Crippen LogP contribution is -3.17. The van der Waals surface area contributed by atoms with E-state index in [1.54, 1.807) is 5.57 Å². The van der Waals surface area contributed by atoms with Crippen molar-refractivity contribution in [2.45, 2.75) is 31.7 Å². The summed E-state index contributed by atoms with van der Waals surface area (Å²) in [7, 11) is 0. The van der Waals surface area contributed by atoms with Gasteiger partial charge in [-0.15, -0.1) is 0 Å². The molecule has 1 unspecified atom stereocenters. The molecule has 0 aromatic heterocycles. The fraction of sp³-hybridized carbons (Fsp3) is 0.467. The minimum atomic E-state index is 0. The second-order valence-corrected chi connectivity index (χ2v) is 5.09. The Bertz CT molecular complexity index is 381. The molecule has 0 radical (unpaired) electrons. The highest BCUT2D eigenvalue weighted by molar-refractivity contribution is 5.65. The van der Waals surface area contributed by atoms with Gasteiger partial charge in [0.05, 0.1) is 19.1 Å². The first-order chi connectivity index (χ1) is 7.93. The van der Waals surface area contributed by atoms with Crippen LogP contribution in [0, 0.1) is 0 Å². The van der Waals surface area contributed by atoms with Crippen molar-refractivity contribution in [2.75, 3.05) is 13.1 Å². The van der Waals surface area contributed by atoms with Gasteiger partial charge in [-0.25, -0.2) is 0 Å². The first kappa shape index (κ1) is 12.7. The maximum atomic E-state index is 2.46. The van der Waals surface area contributed by atoms with E-state index in [9.17, 15) is 0 Å². The first-order valence-corrected chi connectivity index (χ1v) is 6.52. The molecule has 17 heavy (non-hydrogen) atoms. The van der Waals surface area contributed by atoms with Crippen molar-refractivity contribution in [2.24, 2.45) is 0 Å². The fourth-order valence-corrected chi connectivity index (χ4v) is 2.86. The van der Waals surface area contributed by atoms with E-state index in [0.717, 1.165) is 6.04 Å². The van der Waals surface area contributed by atoms with Crippen molar-refractivity contribution in [3.05, 3.63) is 42.0 Å². The predicted molar refractivity (Wildman–Crippen MR) is 67.4 cm³/mol. The summed E-state index contributed by atoms with van der Waals surface area (Å²) in [6.07, 6.45) is 8.11. The molecule has 1 atom stereocenters. The lowest BCUT2D eigenvalue weighted by atomic mass is 9.89. The van der Waals surface area contributed by atoms with E-state index in [0.29, 0.717) is 0 Å². The Hall–Kier alpha value is -0.790. The molecule has 1 aromatic carbocycles. The van der Waals surface area contributed by atoms with Crippen LogP contribution < -0.4 is 17.3 Å². The molecule has 0 amide bonds. The zero-order chi connectivity index (χ0) is 10.8. The van der Waals surface area contributed by atoms with Crippen LogP contribution in [0.25, 0.3) is 5.57 Å². The average Bonchev–Trinajstić information content (AvgIpc) is 2.29. The molecule has 1 aromatic rings. The van der Waals surface area contributed by atoms with E-state index in [4.69, 9.17) is 0 Å². The molecule has 0 bridgehead atoms. The predicted octanol–water partition coefficient (Wildman–Crippen LogP) is -1.08. The maximum absolute atomic E-state index is 2.46. The van der Waals surface area contributed by atoms with Crippen LogP contribution in [0.15, 0.2) is 36.4 Å². The molecule has 92 valence electrons. The van der Waals surface area contributed by atoms with Crippen LogP contribution in [-0.2, 0) is 0 Å². The minimum absolute atomic E-state index is 0. The van der Waals surface area contributed by atoms with Gasteiger partial charge in [-0.1, -0.05) is 30.3 Å². The van der Waals surface area contributed by atoms with Gasteiger partial charge in [0.1, 0.15) is 0 Å². The molecule has 3 rings (SSSR count). The van der Waals surface area contributed by atoms with Crippen LogP contribution >= 0.6 is 0 Å².